The number of hydrogen-bond acceptors (Lipinski definition) is 2. The van der Waals surface area contributed by atoms with E-state index in [2.05, 4.69) is 10.6 Å². The Morgan fingerprint density at radius 2 is 1.86 bits per heavy atom. The molecule has 0 aliphatic carbocycles. The van der Waals surface area contributed by atoms with Gasteiger partial charge in [0, 0.05) is 16.3 Å². The minimum absolute atomic E-state index is 0.143. The first-order valence-electron chi connectivity index (χ1n) is 6.10. The molecule has 1 amide bonds. The van der Waals surface area contributed by atoms with Crippen molar-refractivity contribution in [2.75, 3.05) is 5.32 Å². The monoisotopic (exact) mass is 322 g/mol. The van der Waals surface area contributed by atoms with Gasteiger partial charge >= 0.3 is 0 Å². The smallest absolute Gasteiger partial charge is 0.257 e. The van der Waals surface area contributed by atoms with Gasteiger partial charge in [-0.05, 0) is 61.1 Å². The van der Waals surface area contributed by atoms with Gasteiger partial charge in [0.25, 0.3) is 5.91 Å². The summed E-state index contributed by atoms with van der Waals surface area (Å²) in [5, 5.41) is 6.12. The van der Waals surface area contributed by atoms with E-state index in [1.807, 2.05) is 13.0 Å². The lowest BCUT2D eigenvalue weighted by Gasteiger charge is -2.10. The number of aryl methyl sites for hydroxylation is 1. The molecule has 2 rings (SSSR count). The van der Waals surface area contributed by atoms with Gasteiger partial charge in [0.1, 0.15) is 5.82 Å². The van der Waals surface area contributed by atoms with Crippen molar-refractivity contribution in [3.8, 4) is 0 Å². The Morgan fingerprint density at radius 3 is 2.48 bits per heavy atom. The fourth-order valence-electron chi connectivity index (χ4n) is 1.61. The Balaban J connectivity index is 1.99. The SMILES string of the molecule is Cc1ccc(NC(=S)NC(=O)c2ccc(F)cc2)cc1Cl. The van der Waals surface area contributed by atoms with Crippen molar-refractivity contribution >= 4 is 40.5 Å². The molecule has 21 heavy (non-hydrogen) atoms. The summed E-state index contributed by atoms with van der Waals surface area (Å²) in [5.74, 6) is -0.813. The molecule has 0 aliphatic rings. The molecule has 2 N–H and O–H groups in total. The molecule has 0 aliphatic heterocycles. The molecule has 0 saturated heterocycles. The summed E-state index contributed by atoms with van der Waals surface area (Å²) in [6.07, 6.45) is 0. The number of benzene rings is 2. The molecule has 108 valence electrons. The van der Waals surface area contributed by atoms with Gasteiger partial charge in [-0.25, -0.2) is 4.39 Å². The number of amides is 1. The molecule has 0 atom stereocenters. The van der Waals surface area contributed by atoms with Crippen molar-refractivity contribution < 1.29 is 9.18 Å². The van der Waals surface area contributed by atoms with Gasteiger partial charge < -0.3 is 5.32 Å². The minimum Gasteiger partial charge on any atom is -0.332 e. The summed E-state index contributed by atoms with van der Waals surface area (Å²) in [6.45, 7) is 1.89. The van der Waals surface area contributed by atoms with Gasteiger partial charge in [-0.15, -0.1) is 0 Å². The Kier molecular flexibility index (Phi) is 4.88. The maximum atomic E-state index is 12.8. The Bertz CT molecular complexity index is 689. The van der Waals surface area contributed by atoms with Gasteiger partial charge in [-0.2, -0.15) is 0 Å². The van der Waals surface area contributed by atoms with E-state index in [0.29, 0.717) is 16.3 Å². The average molecular weight is 323 g/mol. The van der Waals surface area contributed by atoms with E-state index in [9.17, 15) is 9.18 Å². The maximum Gasteiger partial charge on any atom is 0.257 e. The first kappa shape index (κ1) is 15.4. The zero-order valence-electron chi connectivity index (χ0n) is 11.1. The highest BCUT2D eigenvalue weighted by atomic mass is 35.5. The number of thiocarbonyl (C=S) groups is 1. The minimum atomic E-state index is -0.411. The molecule has 0 aromatic heterocycles. The lowest BCUT2D eigenvalue weighted by Crippen LogP contribution is -2.34. The lowest BCUT2D eigenvalue weighted by atomic mass is 10.2. The molecular weight excluding hydrogens is 311 g/mol. The second-order valence-electron chi connectivity index (χ2n) is 4.38. The summed E-state index contributed by atoms with van der Waals surface area (Å²) in [6, 6.07) is 10.6. The molecule has 0 bridgehead atoms. The van der Waals surface area contributed by atoms with Crippen LogP contribution < -0.4 is 10.6 Å². The fourth-order valence-corrected chi connectivity index (χ4v) is 2.00. The zero-order valence-corrected chi connectivity index (χ0v) is 12.7. The van der Waals surface area contributed by atoms with E-state index in [1.54, 1.807) is 12.1 Å². The first-order chi connectivity index (χ1) is 9.95. The third-order valence-corrected chi connectivity index (χ3v) is 3.37. The van der Waals surface area contributed by atoms with Crippen LogP contribution in [0.4, 0.5) is 10.1 Å². The molecule has 3 nitrogen and oxygen atoms in total. The molecule has 0 spiro atoms. The molecule has 6 heteroatoms. The number of anilines is 1. The van der Waals surface area contributed by atoms with E-state index in [1.165, 1.54) is 24.3 Å². The van der Waals surface area contributed by atoms with Crippen molar-refractivity contribution in [2.45, 2.75) is 6.92 Å². The maximum absolute atomic E-state index is 12.8. The van der Waals surface area contributed by atoms with Crippen LogP contribution in [-0.4, -0.2) is 11.0 Å². The van der Waals surface area contributed by atoms with E-state index in [-0.39, 0.29) is 5.11 Å². The molecule has 0 saturated carbocycles. The average Bonchev–Trinajstić information content (AvgIpc) is 2.43. The van der Waals surface area contributed by atoms with Crippen LogP contribution in [0.25, 0.3) is 0 Å². The molecule has 0 unspecified atom stereocenters. The second kappa shape index (κ2) is 6.65. The molecule has 0 radical (unpaired) electrons. The fraction of sp³-hybridized carbons (Fsp3) is 0.0667. The van der Waals surface area contributed by atoms with Crippen LogP contribution in [0.2, 0.25) is 5.02 Å². The summed E-state index contributed by atoms with van der Waals surface area (Å²) in [4.78, 5) is 11.9. The van der Waals surface area contributed by atoms with Crippen LogP contribution in [0, 0.1) is 12.7 Å². The van der Waals surface area contributed by atoms with E-state index < -0.39 is 11.7 Å². The highest BCUT2D eigenvalue weighted by Gasteiger charge is 2.08. The predicted octanol–water partition coefficient (Wildman–Crippen LogP) is 3.91. The first-order valence-corrected chi connectivity index (χ1v) is 6.88. The molecule has 0 fully saturated rings. The van der Waals surface area contributed by atoms with E-state index in [0.717, 1.165) is 5.56 Å². The van der Waals surface area contributed by atoms with Crippen molar-refractivity contribution in [3.05, 3.63) is 64.4 Å². The van der Waals surface area contributed by atoms with Crippen LogP contribution in [0.3, 0.4) is 0 Å². The third-order valence-electron chi connectivity index (χ3n) is 2.76. The number of carbonyl (C=O) groups is 1. The van der Waals surface area contributed by atoms with Crippen LogP contribution >= 0.6 is 23.8 Å². The Labute approximate surface area is 132 Å². The summed E-state index contributed by atoms with van der Waals surface area (Å²) in [7, 11) is 0. The highest BCUT2D eigenvalue weighted by molar-refractivity contribution is 7.80. The molecule has 2 aromatic carbocycles. The summed E-state index contributed by atoms with van der Waals surface area (Å²) >= 11 is 11.1. The standard InChI is InChI=1S/C15H12ClFN2OS/c1-9-2-7-12(8-13(9)16)18-15(21)19-14(20)10-3-5-11(17)6-4-10/h2-8H,1H3,(H2,18,19,20,21). The van der Waals surface area contributed by atoms with E-state index >= 15 is 0 Å². The van der Waals surface area contributed by atoms with Crippen LogP contribution in [0.1, 0.15) is 15.9 Å². The van der Waals surface area contributed by atoms with Crippen LogP contribution in [0.5, 0.6) is 0 Å². The number of rotatable bonds is 2. The van der Waals surface area contributed by atoms with Gasteiger partial charge in [-0.1, -0.05) is 17.7 Å². The number of nitrogens with one attached hydrogen (secondary N) is 2. The number of hydrogen-bond donors (Lipinski definition) is 2. The predicted molar refractivity (Wildman–Crippen MR) is 86.3 cm³/mol. The molecular formula is C15H12ClFN2OS. The van der Waals surface area contributed by atoms with Gasteiger partial charge in [0.05, 0.1) is 0 Å². The number of carbonyl (C=O) groups excluding carboxylic acids is 1. The van der Waals surface area contributed by atoms with Gasteiger partial charge in [0.2, 0.25) is 0 Å². The van der Waals surface area contributed by atoms with Crippen molar-refractivity contribution in [1.82, 2.24) is 5.32 Å². The van der Waals surface area contributed by atoms with Crippen molar-refractivity contribution in [1.29, 1.82) is 0 Å². The molecule has 2 aromatic rings. The largest absolute Gasteiger partial charge is 0.332 e. The normalized spacial score (nSPS) is 10.0. The Hall–Kier alpha value is -1.98. The summed E-state index contributed by atoms with van der Waals surface area (Å²) < 4.78 is 12.8. The quantitative estimate of drug-likeness (QED) is 0.824. The summed E-state index contributed by atoms with van der Waals surface area (Å²) in [5.41, 5.74) is 1.95. The number of halogens is 2. The van der Waals surface area contributed by atoms with Crippen LogP contribution in [-0.2, 0) is 0 Å². The van der Waals surface area contributed by atoms with E-state index in [4.69, 9.17) is 23.8 Å². The van der Waals surface area contributed by atoms with Gasteiger partial charge in [0.15, 0.2) is 5.11 Å². The zero-order chi connectivity index (χ0) is 15.4. The highest BCUT2D eigenvalue weighted by Crippen LogP contribution is 2.19. The van der Waals surface area contributed by atoms with Crippen molar-refractivity contribution in [3.63, 3.8) is 0 Å². The lowest BCUT2D eigenvalue weighted by molar-refractivity contribution is 0.0977. The molecule has 0 heterocycles. The third kappa shape index (κ3) is 4.24. The van der Waals surface area contributed by atoms with Crippen LogP contribution in [0.15, 0.2) is 42.5 Å². The topological polar surface area (TPSA) is 41.1 Å². The second-order valence-corrected chi connectivity index (χ2v) is 5.19. The van der Waals surface area contributed by atoms with Gasteiger partial charge in [-0.3, -0.25) is 10.1 Å². The Morgan fingerprint density at radius 1 is 1.19 bits per heavy atom. The van der Waals surface area contributed by atoms with Crippen molar-refractivity contribution in [2.24, 2.45) is 0 Å².